The Hall–Kier alpha value is -2.99. The van der Waals surface area contributed by atoms with Gasteiger partial charge in [-0.1, -0.05) is 24.3 Å². The molecule has 6 nitrogen and oxygen atoms in total. The molecule has 0 spiro atoms. The Labute approximate surface area is 133 Å². The summed E-state index contributed by atoms with van der Waals surface area (Å²) in [5, 5.41) is 22.5. The van der Waals surface area contributed by atoms with Crippen molar-refractivity contribution in [2.75, 3.05) is 0 Å². The molecule has 2 N–H and O–H groups in total. The zero-order valence-electron chi connectivity index (χ0n) is 12.3. The van der Waals surface area contributed by atoms with Gasteiger partial charge in [0.2, 0.25) is 5.91 Å². The van der Waals surface area contributed by atoms with E-state index in [4.69, 9.17) is 0 Å². The summed E-state index contributed by atoms with van der Waals surface area (Å²) in [6.07, 6.45) is 2.94. The minimum atomic E-state index is -0.473. The molecule has 0 bridgehead atoms. The van der Waals surface area contributed by atoms with Crippen LogP contribution in [-0.4, -0.2) is 15.9 Å². The quantitative estimate of drug-likeness (QED) is 0.487. The molecule has 0 heterocycles. The van der Waals surface area contributed by atoms with Crippen molar-refractivity contribution in [1.29, 1.82) is 0 Å². The van der Waals surface area contributed by atoms with Crippen molar-refractivity contribution >= 4 is 17.7 Å². The van der Waals surface area contributed by atoms with E-state index < -0.39 is 4.92 Å². The Bertz CT molecular complexity index is 724. The van der Waals surface area contributed by atoms with E-state index in [0.717, 1.165) is 11.1 Å². The largest absolute Gasteiger partial charge is 0.392 e. The highest BCUT2D eigenvalue weighted by molar-refractivity contribution is 5.91. The van der Waals surface area contributed by atoms with Gasteiger partial charge in [0.05, 0.1) is 11.5 Å². The van der Waals surface area contributed by atoms with Crippen LogP contribution in [0.25, 0.3) is 6.08 Å². The van der Waals surface area contributed by atoms with Crippen molar-refractivity contribution in [3.63, 3.8) is 0 Å². The number of nitro benzene ring substituents is 1. The summed E-state index contributed by atoms with van der Waals surface area (Å²) >= 11 is 0. The summed E-state index contributed by atoms with van der Waals surface area (Å²) in [6.45, 7) is 0.241. The minimum absolute atomic E-state index is 0.00668. The second-order valence-electron chi connectivity index (χ2n) is 4.83. The van der Waals surface area contributed by atoms with E-state index in [1.807, 2.05) is 18.2 Å². The maximum atomic E-state index is 11.8. The van der Waals surface area contributed by atoms with Crippen LogP contribution in [-0.2, 0) is 17.9 Å². The van der Waals surface area contributed by atoms with E-state index in [2.05, 4.69) is 5.32 Å². The molecule has 0 atom stereocenters. The first-order valence-corrected chi connectivity index (χ1v) is 6.98. The Kier molecular flexibility index (Phi) is 5.60. The van der Waals surface area contributed by atoms with Gasteiger partial charge in [-0.15, -0.1) is 0 Å². The van der Waals surface area contributed by atoms with Gasteiger partial charge in [-0.05, 0) is 34.9 Å². The van der Waals surface area contributed by atoms with Crippen molar-refractivity contribution < 1.29 is 14.8 Å². The molecule has 6 heteroatoms. The molecule has 2 aromatic rings. The molecule has 1 amide bonds. The van der Waals surface area contributed by atoms with Gasteiger partial charge >= 0.3 is 0 Å². The Morgan fingerprint density at radius 1 is 1.13 bits per heavy atom. The predicted molar refractivity (Wildman–Crippen MR) is 86.3 cm³/mol. The second kappa shape index (κ2) is 7.86. The van der Waals surface area contributed by atoms with Crippen LogP contribution in [0.1, 0.15) is 16.7 Å². The lowest BCUT2D eigenvalue weighted by atomic mass is 10.1. The Balaban J connectivity index is 1.92. The van der Waals surface area contributed by atoms with Crippen molar-refractivity contribution in [2.45, 2.75) is 13.2 Å². The number of carbonyl (C=O) groups is 1. The van der Waals surface area contributed by atoms with Crippen LogP contribution in [0, 0.1) is 10.1 Å². The summed E-state index contributed by atoms with van der Waals surface area (Å²) in [7, 11) is 0. The number of amides is 1. The number of aliphatic hydroxyl groups is 1. The zero-order valence-corrected chi connectivity index (χ0v) is 12.3. The monoisotopic (exact) mass is 312 g/mol. The van der Waals surface area contributed by atoms with Crippen LogP contribution >= 0.6 is 0 Å². The van der Waals surface area contributed by atoms with E-state index in [1.54, 1.807) is 24.3 Å². The molecule has 118 valence electrons. The molecule has 0 aliphatic heterocycles. The molecule has 23 heavy (non-hydrogen) atoms. The van der Waals surface area contributed by atoms with Gasteiger partial charge < -0.3 is 10.4 Å². The smallest absolute Gasteiger partial charge is 0.269 e. The summed E-state index contributed by atoms with van der Waals surface area (Å²) < 4.78 is 0. The van der Waals surface area contributed by atoms with Crippen LogP contribution in [0.4, 0.5) is 5.69 Å². The first-order chi connectivity index (χ1) is 11.1. The number of carbonyl (C=O) groups excluding carboxylic acids is 1. The highest BCUT2D eigenvalue weighted by atomic mass is 16.6. The van der Waals surface area contributed by atoms with Gasteiger partial charge in [0.25, 0.3) is 5.69 Å². The molecule has 0 saturated carbocycles. The number of hydrogen-bond acceptors (Lipinski definition) is 4. The number of hydrogen-bond donors (Lipinski definition) is 2. The topological polar surface area (TPSA) is 92.5 Å². The molecule has 2 aromatic carbocycles. The van der Waals surface area contributed by atoms with E-state index in [0.29, 0.717) is 12.1 Å². The van der Waals surface area contributed by atoms with Crippen LogP contribution < -0.4 is 5.32 Å². The van der Waals surface area contributed by atoms with Gasteiger partial charge in [-0.3, -0.25) is 14.9 Å². The third-order valence-electron chi connectivity index (χ3n) is 3.27. The summed E-state index contributed by atoms with van der Waals surface area (Å²) in [4.78, 5) is 21.9. The fourth-order valence-electron chi connectivity index (χ4n) is 2.00. The number of rotatable bonds is 6. The zero-order chi connectivity index (χ0) is 16.7. The molecule has 0 radical (unpaired) electrons. The summed E-state index contributed by atoms with van der Waals surface area (Å²) in [5.41, 5.74) is 2.33. The number of nitro groups is 1. The van der Waals surface area contributed by atoms with Gasteiger partial charge in [0, 0.05) is 24.8 Å². The van der Waals surface area contributed by atoms with E-state index >= 15 is 0 Å². The van der Waals surface area contributed by atoms with Gasteiger partial charge in [-0.25, -0.2) is 0 Å². The lowest BCUT2D eigenvalue weighted by molar-refractivity contribution is -0.384. The standard InChI is InChI=1S/C17H16N2O4/c20-12-15-4-2-1-3-14(15)11-18-17(21)10-7-13-5-8-16(9-6-13)19(22)23/h1-10,20H,11-12H2,(H,18,21)/b10-7+. The highest BCUT2D eigenvalue weighted by Gasteiger charge is 2.04. The van der Waals surface area contributed by atoms with E-state index in [9.17, 15) is 20.0 Å². The van der Waals surface area contributed by atoms with Crippen LogP contribution in [0.3, 0.4) is 0 Å². The van der Waals surface area contributed by atoms with Gasteiger partial charge in [0.1, 0.15) is 0 Å². The molecule has 0 unspecified atom stereocenters. The molecule has 0 aliphatic carbocycles. The van der Waals surface area contributed by atoms with E-state index in [-0.39, 0.29) is 18.2 Å². The number of non-ortho nitro benzene ring substituents is 1. The number of nitrogens with zero attached hydrogens (tertiary/aromatic N) is 1. The van der Waals surface area contributed by atoms with Crippen molar-refractivity contribution in [1.82, 2.24) is 5.32 Å². The third-order valence-corrected chi connectivity index (χ3v) is 3.27. The molecule has 0 aromatic heterocycles. The number of nitrogens with one attached hydrogen (secondary N) is 1. The number of benzene rings is 2. The highest BCUT2D eigenvalue weighted by Crippen LogP contribution is 2.13. The predicted octanol–water partition coefficient (Wildman–Crippen LogP) is 2.42. The average Bonchev–Trinajstić information content (AvgIpc) is 2.58. The SMILES string of the molecule is O=C(/C=C/c1ccc([N+](=O)[O-])cc1)NCc1ccccc1CO. The molecular formula is C17H16N2O4. The Morgan fingerprint density at radius 2 is 1.78 bits per heavy atom. The van der Waals surface area contributed by atoms with Crippen LogP contribution in [0.15, 0.2) is 54.6 Å². The fraction of sp³-hybridized carbons (Fsp3) is 0.118. The first kappa shape index (κ1) is 16.4. The van der Waals surface area contributed by atoms with Crippen molar-refractivity contribution in [3.8, 4) is 0 Å². The molecular weight excluding hydrogens is 296 g/mol. The summed E-state index contributed by atoms with van der Waals surface area (Å²) in [5.74, 6) is -0.281. The van der Waals surface area contributed by atoms with Gasteiger partial charge in [0.15, 0.2) is 0 Å². The third kappa shape index (κ3) is 4.76. The van der Waals surface area contributed by atoms with Gasteiger partial charge in [-0.2, -0.15) is 0 Å². The van der Waals surface area contributed by atoms with Crippen molar-refractivity contribution in [3.05, 3.63) is 81.4 Å². The molecule has 0 fully saturated rings. The minimum Gasteiger partial charge on any atom is -0.392 e. The fourth-order valence-corrected chi connectivity index (χ4v) is 2.00. The maximum absolute atomic E-state index is 11.8. The average molecular weight is 312 g/mol. The molecule has 0 aliphatic rings. The normalized spacial score (nSPS) is 10.7. The van der Waals surface area contributed by atoms with E-state index in [1.165, 1.54) is 18.2 Å². The Morgan fingerprint density at radius 3 is 2.39 bits per heavy atom. The number of aliphatic hydroxyl groups excluding tert-OH is 1. The maximum Gasteiger partial charge on any atom is 0.269 e. The molecule has 2 rings (SSSR count). The lowest BCUT2D eigenvalue weighted by Crippen LogP contribution is -2.21. The first-order valence-electron chi connectivity index (χ1n) is 6.98. The van der Waals surface area contributed by atoms with Crippen LogP contribution in [0.5, 0.6) is 0 Å². The lowest BCUT2D eigenvalue weighted by Gasteiger charge is -2.07. The van der Waals surface area contributed by atoms with Crippen LogP contribution in [0.2, 0.25) is 0 Å². The summed E-state index contributed by atoms with van der Waals surface area (Å²) in [6, 6.07) is 13.2. The second-order valence-corrected chi connectivity index (χ2v) is 4.83. The van der Waals surface area contributed by atoms with Crippen molar-refractivity contribution in [2.24, 2.45) is 0 Å². The molecule has 0 saturated heterocycles.